The zero-order valence-electron chi connectivity index (χ0n) is 69.6. The van der Waals surface area contributed by atoms with Crippen molar-refractivity contribution in [2.45, 2.75) is 117 Å². The van der Waals surface area contributed by atoms with E-state index in [0.717, 1.165) is 95.4 Å². The molecule has 20 rings (SSSR count). The minimum atomic E-state index is -4.65. The van der Waals surface area contributed by atoms with E-state index in [-0.39, 0.29) is 108 Å². The number of sulfonamides is 1. The van der Waals surface area contributed by atoms with E-state index in [1.165, 1.54) is 111 Å². The zero-order chi connectivity index (χ0) is 91.1. The van der Waals surface area contributed by atoms with Crippen LogP contribution in [0.1, 0.15) is 113 Å². The molecule has 0 spiro atoms. The predicted octanol–water partition coefficient (Wildman–Crippen LogP) is 15.7. The van der Waals surface area contributed by atoms with E-state index in [4.69, 9.17) is 14.6 Å². The lowest BCUT2D eigenvalue weighted by atomic mass is 10.1. The van der Waals surface area contributed by atoms with Crippen LogP contribution in [0.15, 0.2) is 202 Å². The minimum absolute atomic E-state index is 0.0117. The number of rotatable bonds is 22. The Bertz CT molecular complexity index is 7210. The first-order valence-corrected chi connectivity index (χ1v) is 50.2. The number of anilines is 5. The molecule has 4 unspecified atom stereocenters. The van der Waals surface area contributed by atoms with Gasteiger partial charge in [-0.1, -0.05) is 87.8 Å². The van der Waals surface area contributed by atoms with Crippen molar-refractivity contribution in [2.75, 3.05) is 45.5 Å². The van der Waals surface area contributed by atoms with Crippen LogP contribution >= 0.6 is 30.1 Å². The molecule has 4 saturated carbocycles. The van der Waals surface area contributed by atoms with E-state index in [2.05, 4.69) is 45.0 Å². The van der Waals surface area contributed by atoms with Crippen molar-refractivity contribution in [2.24, 2.45) is 48.2 Å². The monoisotopic (exact) mass is 1860 g/mol. The summed E-state index contributed by atoms with van der Waals surface area (Å²) in [5.74, 6) is -2.50. The molecule has 129 heavy (non-hydrogen) atoms. The summed E-state index contributed by atoms with van der Waals surface area (Å²) in [5.41, 5.74) is 6.19. The van der Waals surface area contributed by atoms with Crippen molar-refractivity contribution in [1.82, 2.24) is 18.3 Å². The summed E-state index contributed by atoms with van der Waals surface area (Å²) in [6.45, 7) is 5.11. The van der Waals surface area contributed by atoms with Crippen molar-refractivity contribution < 1.29 is 77.9 Å². The smallest absolute Gasteiger partial charge is 0.384 e. The third-order valence-corrected chi connectivity index (χ3v) is 31.2. The molecule has 670 valence electrons. The Kier molecular flexibility index (Phi) is 24.2. The average Bonchev–Trinajstić information content (AvgIpc) is 1.43. The van der Waals surface area contributed by atoms with Crippen molar-refractivity contribution in [1.29, 1.82) is 0 Å². The summed E-state index contributed by atoms with van der Waals surface area (Å²) in [5, 5.41) is 57.0. The number of aromatic nitrogens is 4. The summed E-state index contributed by atoms with van der Waals surface area (Å²) in [7, 11) is -19.6. The highest BCUT2D eigenvalue weighted by Gasteiger charge is 2.41. The van der Waals surface area contributed by atoms with Crippen LogP contribution in [0.4, 0.5) is 50.2 Å². The Morgan fingerprint density at radius 2 is 0.705 bits per heavy atom. The van der Waals surface area contributed by atoms with Gasteiger partial charge in [0, 0.05) is 53.4 Å². The van der Waals surface area contributed by atoms with Gasteiger partial charge in [-0.05, 0) is 191 Å². The second-order valence-electron chi connectivity index (χ2n) is 32.7. The highest BCUT2D eigenvalue weighted by molar-refractivity contribution is 7.92. The van der Waals surface area contributed by atoms with Crippen LogP contribution in [-0.4, -0.2) is 89.9 Å². The fourth-order valence-electron chi connectivity index (χ4n) is 16.3. The van der Waals surface area contributed by atoms with Gasteiger partial charge in [-0.3, -0.25) is 47.7 Å². The van der Waals surface area contributed by atoms with Gasteiger partial charge in [0.25, 0.3) is 29.7 Å². The van der Waals surface area contributed by atoms with Gasteiger partial charge < -0.3 is 69.0 Å². The number of benzene rings is 8. The lowest BCUT2D eigenvalue weighted by molar-refractivity contribution is 0.341. The second kappa shape index (κ2) is 35.1. The number of hydrogen-bond acceptors (Lipinski definition) is 20. The normalized spacial score (nSPS) is 20.0. The largest absolute Gasteiger partial charge is 0.506 e. The van der Waals surface area contributed by atoms with E-state index >= 15 is 0 Å². The van der Waals surface area contributed by atoms with E-state index in [9.17, 15) is 88.0 Å². The Balaban J connectivity index is 0.000000121. The molecule has 0 amide bonds. The third kappa shape index (κ3) is 18.3. The summed E-state index contributed by atoms with van der Waals surface area (Å²) >= 11 is 0. The molecule has 4 aromatic heterocycles. The van der Waals surface area contributed by atoms with Crippen molar-refractivity contribution in [3.05, 3.63) is 251 Å². The molecule has 4 fully saturated rings. The van der Waals surface area contributed by atoms with Gasteiger partial charge in [0.05, 0.1) is 85.5 Å². The number of aromatic hydroxyl groups is 4. The van der Waals surface area contributed by atoms with Crippen LogP contribution in [0.2, 0.25) is 0 Å². The summed E-state index contributed by atoms with van der Waals surface area (Å²) < 4.78 is 183. The number of nitrogens with two attached hydrogens (primary N) is 1. The molecule has 8 aromatic carbocycles. The molecule has 4 atom stereocenters. The van der Waals surface area contributed by atoms with Crippen LogP contribution in [-0.2, 0) is 63.5 Å². The molecule has 0 saturated heterocycles. The van der Waals surface area contributed by atoms with Gasteiger partial charge in [-0.15, -0.1) is 0 Å². The highest BCUT2D eigenvalue weighted by atomic mass is 32.2. The molecule has 8 aliphatic rings. The van der Waals surface area contributed by atoms with Gasteiger partial charge in [0.15, 0.2) is 23.3 Å². The van der Waals surface area contributed by atoms with E-state index < -0.39 is 109 Å². The fourth-order valence-corrected chi connectivity index (χ4v) is 23.0. The van der Waals surface area contributed by atoms with Gasteiger partial charge in [0.1, 0.15) is 68.5 Å². The maximum absolute atomic E-state index is 14.9. The van der Waals surface area contributed by atoms with Crippen molar-refractivity contribution in [3.63, 3.8) is 0 Å². The van der Waals surface area contributed by atoms with E-state index in [1.807, 2.05) is 0 Å². The number of aryl methyl sites for hydroxylation is 4. The lowest BCUT2D eigenvalue weighted by Crippen LogP contribution is -2.34. The van der Waals surface area contributed by atoms with Gasteiger partial charge >= 0.3 is 22.6 Å². The minimum Gasteiger partial charge on any atom is -0.506 e. The topological polar surface area (TPSA) is 425 Å². The number of nitrogens with zero attached hydrogens (tertiary/aromatic N) is 8. The Morgan fingerprint density at radius 3 is 1.05 bits per heavy atom. The molecule has 0 bridgehead atoms. The van der Waals surface area contributed by atoms with Crippen LogP contribution in [0.3, 0.4) is 0 Å². The quantitative estimate of drug-likeness (QED) is 0.0222. The van der Waals surface area contributed by atoms with Crippen LogP contribution in [0.25, 0.3) is 43.6 Å². The predicted molar refractivity (Wildman–Crippen MR) is 491 cm³/mol. The first kappa shape index (κ1) is 88.9. The molecule has 12 aromatic rings. The second-order valence-corrected chi connectivity index (χ2v) is 42.1. The fraction of sp³-hybridized carbons (Fsp3) is 0.281. The number of para-hydroxylation sites is 3. The van der Waals surface area contributed by atoms with Crippen LogP contribution in [0.5, 0.6) is 23.0 Å². The number of nitrogens with one attached hydrogen (secondary N) is 5. The molecule has 4 aliphatic carbocycles. The number of halogens is 5. The maximum atomic E-state index is 14.9. The van der Waals surface area contributed by atoms with Crippen LogP contribution < -0.4 is 74.9 Å². The zero-order valence-corrected chi connectivity index (χ0v) is 73.9. The summed E-state index contributed by atoms with van der Waals surface area (Å²) in [4.78, 5) is 54.0. The average molecular weight is 1860 g/mol. The Labute approximate surface area is 733 Å². The Morgan fingerprint density at radius 1 is 0.411 bits per heavy atom. The summed E-state index contributed by atoms with van der Waals surface area (Å²) in [6.07, 6.45) is 13.0. The standard InChI is InChI=1S/C24H26FN4O6PS.C23H23FN3O4P.C21H18F2N3O3P.C21H20FN4O3P/c1-3-35-36(32)20-13-16(28-37(2,33)34)7-8-18(20)26-23(27-36)21-22(30)17-12-15(25)6-9-19(17)29(24(21)31)11-10-14-4-5-14;1-2-31-32(30)19-6-4-3-5-17(19)25-22(26-32)20-21(28)16-13-15(24)9-10-18(16)27(23(20)29)12-11-14-7-8-14;2*22-13-7-8-16-14(11-13)19(27)18(21(28)26(16)10-9-12-5-6-12)20-24-15-3-1-2-4-17(15)30(23,29)25-20/h6-9,12-14,28,30H,3-5,10-11H2,1-2H3,(H,26,27,32);3-6,9-10,13-14,28H,2,7-8,11-12H2,1H3,(H,25,26,30);1-4,7-8,11-12,27H,5-6,9-10H2,(H,24,25,29);1-4,7-8,11-12,27H,5-6,9-10H2,(H3,23,24,25,29). The van der Waals surface area contributed by atoms with Gasteiger partial charge in [-0.2, -0.15) is 23.2 Å². The molecular formula is C89H87F5N14O16P4S. The van der Waals surface area contributed by atoms with Crippen molar-refractivity contribution in [3.8, 4) is 23.0 Å². The maximum Gasteiger partial charge on any atom is 0.384 e. The highest BCUT2D eigenvalue weighted by Crippen LogP contribution is 2.56. The molecule has 0 radical (unpaired) electrons. The van der Waals surface area contributed by atoms with E-state index in [0.29, 0.717) is 93.9 Å². The Hall–Kier alpha value is -12.1. The molecule has 40 heteroatoms. The first-order valence-electron chi connectivity index (χ1n) is 41.9. The summed E-state index contributed by atoms with van der Waals surface area (Å²) in [6, 6.07) is 39.4. The van der Waals surface area contributed by atoms with Gasteiger partial charge in [-0.25, -0.2) is 26.0 Å². The number of hydrogen-bond donors (Lipinski definition) is 10. The molecular weight excluding hydrogens is 1770 g/mol. The van der Waals surface area contributed by atoms with Crippen LogP contribution in [0, 0.1) is 46.9 Å². The number of pyridine rings is 4. The molecule has 11 N–H and O–H groups in total. The first-order chi connectivity index (χ1) is 61.6. The number of fused-ring (bicyclic) bond motifs is 8. The third-order valence-electron chi connectivity index (χ3n) is 23.4. The SMILES string of the molecule is CCOP1(=O)N=C(c2c(O)c3cc(F)ccc3n(CCC3CC3)c2=O)Nc2ccc(NS(C)(=O)=O)cc21.CCOP1(=O)N=C(c2c(O)c3cc(F)ccc3n(CCC3CC3)c2=O)Nc2ccccc21.NP1(=O)N=C(c2c(O)c3cc(F)ccc3n(CCC3CC3)c2=O)Nc2ccccc21.O=c1c(C2=NP(=O)(F)c3ccccc3N2)c(O)c2cc(F)ccc2n1CCC1CC1. The molecule has 4 aliphatic heterocycles. The van der Waals surface area contributed by atoms with Crippen molar-refractivity contribution >= 4 is 157 Å². The molecule has 30 nitrogen and oxygen atoms in total. The lowest BCUT2D eigenvalue weighted by Gasteiger charge is -2.26. The van der Waals surface area contributed by atoms with E-state index in [1.54, 1.807) is 73.0 Å². The van der Waals surface area contributed by atoms with Gasteiger partial charge in [0.2, 0.25) is 10.0 Å². The number of amidine groups is 4. The molecule has 8 heterocycles.